The van der Waals surface area contributed by atoms with E-state index < -0.39 is 0 Å². The second kappa shape index (κ2) is 7.44. The molecule has 0 aliphatic rings. The maximum atomic E-state index is 12.3. The number of carbonyl (C=O) groups excluding carboxylic acids is 1. The third-order valence-corrected chi connectivity index (χ3v) is 4.83. The number of aromatic nitrogens is 1. The van der Waals surface area contributed by atoms with Gasteiger partial charge in [-0.2, -0.15) is 11.3 Å². The van der Waals surface area contributed by atoms with E-state index in [1.54, 1.807) is 29.3 Å². The van der Waals surface area contributed by atoms with Gasteiger partial charge in [-0.3, -0.25) is 9.78 Å². The van der Waals surface area contributed by atoms with Crippen LogP contribution in [0.25, 0.3) is 11.3 Å². The SMILES string of the molecule is CSc1cccc(C(=O)NCc2ccnc(-c3ccsc3)c2)c1. The lowest BCUT2D eigenvalue weighted by Crippen LogP contribution is -2.22. The maximum Gasteiger partial charge on any atom is 0.251 e. The molecule has 3 aromatic rings. The molecule has 2 aromatic heterocycles. The summed E-state index contributed by atoms with van der Waals surface area (Å²) in [5.74, 6) is -0.0604. The summed E-state index contributed by atoms with van der Waals surface area (Å²) in [6.45, 7) is 0.488. The van der Waals surface area contributed by atoms with Gasteiger partial charge in [-0.1, -0.05) is 6.07 Å². The molecule has 0 bridgehead atoms. The number of pyridine rings is 1. The molecule has 3 rings (SSSR count). The number of nitrogens with one attached hydrogen (secondary N) is 1. The van der Waals surface area contributed by atoms with Crippen molar-refractivity contribution in [2.75, 3.05) is 6.26 Å². The van der Waals surface area contributed by atoms with Gasteiger partial charge in [0.05, 0.1) is 5.69 Å². The van der Waals surface area contributed by atoms with Crippen molar-refractivity contribution in [3.63, 3.8) is 0 Å². The molecule has 0 atom stereocenters. The number of hydrogen-bond donors (Lipinski definition) is 1. The Kier molecular flexibility index (Phi) is 5.10. The van der Waals surface area contributed by atoms with E-state index in [-0.39, 0.29) is 5.91 Å². The zero-order valence-corrected chi connectivity index (χ0v) is 14.3. The van der Waals surface area contributed by atoms with Crippen molar-refractivity contribution in [3.8, 4) is 11.3 Å². The largest absolute Gasteiger partial charge is 0.348 e. The molecule has 3 nitrogen and oxygen atoms in total. The lowest BCUT2D eigenvalue weighted by atomic mass is 10.1. The zero-order chi connectivity index (χ0) is 16.1. The highest BCUT2D eigenvalue weighted by Crippen LogP contribution is 2.20. The van der Waals surface area contributed by atoms with Gasteiger partial charge in [0.25, 0.3) is 5.91 Å². The minimum Gasteiger partial charge on any atom is -0.348 e. The molecule has 23 heavy (non-hydrogen) atoms. The summed E-state index contributed by atoms with van der Waals surface area (Å²) in [4.78, 5) is 17.7. The van der Waals surface area contributed by atoms with Crippen LogP contribution in [0, 0.1) is 0 Å². The minimum absolute atomic E-state index is 0.0604. The van der Waals surface area contributed by atoms with Gasteiger partial charge in [-0.15, -0.1) is 11.8 Å². The predicted molar refractivity (Wildman–Crippen MR) is 96.9 cm³/mol. The molecule has 0 unspecified atom stereocenters. The second-order valence-electron chi connectivity index (χ2n) is 4.98. The van der Waals surface area contributed by atoms with Crippen molar-refractivity contribution >= 4 is 29.0 Å². The highest BCUT2D eigenvalue weighted by atomic mass is 32.2. The maximum absolute atomic E-state index is 12.3. The third-order valence-electron chi connectivity index (χ3n) is 3.43. The van der Waals surface area contributed by atoms with E-state index in [9.17, 15) is 4.79 Å². The summed E-state index contributed by atoms with van der Waals surface area (Å²) in [6, 6.07) is 13.6. The summed E-state index contributed by atoms with van der Waals surface area (Å²) in [5.41, 5.74) is 3.76. The van der Waals surface area contributed by atoms with Crippen LogP contribution >= 0.6 is 23.1 Å². The quantitative estimate of drug-likeness (QED) is 0.697. The lowest BCUT2D eigenvalue weighted by Gasteiger charge is -2.07. The van der Waals surface area contributed by atoms with Crippen molar-refractivity contribution in [2.45, 2.75) is 11.4 Å². The highest BCUT2D eigenvalue weighted by Gasteiger charge is 2.07. The van der Waals surface area contributed by atoms with Crippen LogP contribution in [-0.2, 0) is 6.54 Å². The Morgan fingerprint density at radius 2 is 2.17 bits per heavy atom. The predicted octanol–water partition coefficient (Wildman–Crippen LogP) is 4.46. The molecular weight excluding hydrogens is 324 g/mol. The Balaban J connectivity index is 1.68. The van der Waals surface area contributed by atoms with Gasteiger partial charge >= 0.3 is 0 Å². The molecule has 1 N–H and O–H groups in total. The standard InChI is InChI=1S/C18H16N2OS2/c1-22-16-4-2-3-14(10-16)18(21)20-11-13-5-7-19-17(9-13)15-6-8-23-12-15/h2-10,12H,11H2,1H3,(H,20,21). The number of nitrogens with zero attached hydrogens (tertiary/aromatic N) is 1. The highest BCUT2D eigenvalue weighted by molar-refractivity contribution is 7.98. The topological polar surface area (TPSA) is 42.0 Å². The molecule has 0 aliphatic carbocycles. The molecule has 1 amide bonds. The van der Waals surface area contributed by atoms with Crippen LogP contribution in [0.4, 0.5) is 0 Å². The van der Waals surface area contributed by atoms with E-state index in [2.05, 4.69) is 15.7 Å². The van der Waals surface area contributed by atoms with E-state index in [1.165, 1.54) is 0 Å². The zero-order valence-electron chi connectivity index (χ0n) is 12.7. The number of hydrogen-bond acceptors (Lipinski definition) is 4. The number of thiophene rings is 1. The normalized spacial score (nSPS) is 10.5. The molecular formula is C18H16N2OS2. The fourth-order valence-corrected chi connectivity index (χ4v) is 3.31. The monoisotopic (exact) mass is 340 g/mol. The summed E-state index contributed by atoms with van der Waals surface area (Å²) in [5, 5.41) is 7.07. The summed E-state index contributed by atoms with van der Waals surface area (Å²) < 4.78 is 0. The molecule has 0 radical (unpaired) electrons. The summed E-state index contributed by atoms with van der Waals surface area (Å²) in [7, 11) is 0. The third kappa shape index (κ3) is 4.00. The van der Waals surface area contributed by atoms with Crippen molar-refractivity contribution in [2.24, 2.45) is 0 Å². The average Bonchev–Trinajstić information content (AvgIpc) is 3.14. The molecule has 116 valence electrons. The molecule has 0 spiro atoms. The van der Waals surface area contributed by atoms with Crippen LogP contribution in [0.15, 0.2) is 64.3 Å². The Bertz CT molecular complexity index is 800. The molecule has 0 aliphatic heterocycles. The van der Waals surface area contributed by atoms with Crippen LogP contribution in [0.2, 0.25) is 0 Å². The molecule has 0 fully saturated rings. The number of rotatable bonds is 5. The first kappa shape index (κ1) is 15.8. The smallest absolute Gasteiger partial charge is 0.251 e. The minimum atomic E-state index is -0.0604. The Hall–Kier alpha value is -2.11. The summed E-state index contributed by atoms with van der Waals surface area (Å²) >= 11 is 3.28. The van der Waals surface area contributed by atoms with Crippen molar-refractivity contribution in [1.29, 1.82) is 0 Å². The second-order valence-corrected chi connectivity index (χ2v) is 6.64. The van der Waals surface area contributed by atoms with Crippen LogP contribution in [-0.4, -0.2) is 17.1 Å². The van der Waals surface area contributed by atoms with Crippen LogP contribution in [0.5, 0.6) is 0 Å². The van der Waals surface area contributed by atoms with Gasteiger partial charge in [0.15, 0.2) is 0 Å². The van der Waals surface area contributed by atoms with Gasteiger partial charge in [-0.05, 0) is 53.6 Å². The number of benzene rings is 1. The molecule has 0 saturated carbocycles. The first-order chi connectivity index (χ1) is 11.3. The van der Waals surface area contributed by atoms with Gasteiger partial charge in [0, 0.05) is 34.1 Å². The number of carbonyl (C=O) groups is 1. The van der Waals surface area contributed by atoms with E-state index in [1.807, 2.05) is 54.1 Å². The lowest BCUT2D eigenvalue weighted by molar-refractivity contribution is 0.0950. The van der Waals surface area contributed by atoms with Gasteiger partial charge < -0.3 is 5.32 Å². The Morgan fingerprint density at radius 1 is 1.26 bits per heavy atom. The fraction of sp³-hybridized carbons (Fsp3) is 0.111. The van der Waals surface area contributed by atoms with E-state index in [0.29, 0.717) is 12.1 Å². The fourth-order valence-electron chi connectivity index (χ4n) is 2.20. The van der Waals surface area contributed by atoms with Crippen molar-refractivity contribution in [3.05, 3.63) is 70.5 Å². The molecule has 5 heteroatoms. The Morgan fingerprint density at radius 3 is 2.96 bits per heavy atom. The Labute approximate surface area is 143 Å². The van der Waals surface area contributed by atoms with E-state index in [0.717, 1.165) is 21.7 Å². The average molecular weight is 340 g/mol. The van der Waals surface area contributed by atoms with Crippen molar-refractivity contribution < 1.29 is 4.79 Å². The van der Waals surface area contributed by atoms with E-state index in [4.69, 9.17) is 0 Å². The summed E-state index contributed by atoms with van der Waals surface area (Å²) in [6.07, 6.45) is 3.78. The van der Waals surface area contributed by atoms with Gasteiger partial charge in [0.2, 0.25) is 0 Å². The van der Waals surface area contributed by atoms with Gasteiger partial charge in [-0.25, -0.2) is 0 Å². The van der Waals surface area contributed by atoms with Crippen molar-refractivity contribution in [1.82, 2.24) is 10.3 Å². The molecule has 0 saturated heterocycles. The number of thioether (sulfide) groups is 1. The molecule has 1 aromatic carbocycles. The first-order valence-electron chi connectivity index (χ1n) is 7.16. The van der Waals surface area contributed by atoms with Crippen LogP contribution in [0.3, 0.4) is 0 Å². The van der Waals surface area contributed by atoms with Crippen LogP contribution in [0.1, 0.15) is 15.9 Å². The first-order valence-corrected chi connectivity index (χ1v) is 9.33. The number of amides is 1. The van der Waals surface area contributed by atoms with Crippen LogP contribution < -0.4 is 5.32 Å². The molecule has 2 heterocycles. The van der Waals surface area contributed by atoms with Gasteiger partial charge in [0.1, 0.15) is 0 Å². The van der Waals surface area contributed by atoms with E-state index >= 15 is 0 Å².